The van der Waals surface area contributed by atoms with Gasteiger partial charge in [0.1, 0.15) is 0 Å². The van der Waals surface area contributed by atoms with E-state index in [1.165, 1.54) is 12.8 Å². The van der Waals surface area contributed by atoms with Gasteiger partial charge in [0.15, 0.2) is 0 Å². The van der Waals surface area contributed by atoms with Crippen LogP contribution in [-0.2, 0) is 0 Å². The predicted molar refractivity (Wildman–Crippen MR) is 69.0 cm³/mol. The number of terminal acetylenes is 1. The zero-order chi connectivity index (χ0) is 12.5. The van der Waals surface area contributed by atoms with E-state index in [-0.39, 0.29) is 5.91 Å². The molecule has 3 heteroatoms. The van der Waals surface area contributed by atoms with Gasteiger partial charge in [0.2, 0.25) is 0 Å². The fourth-order valence-electron chi connectivity index (χ4n) is 2.16. The number of carbonyl (C=O) groups excluding carboxylic acids is 1. The minimum atomic E-state index is 0.0917. The molecule has 0 atom stereocenters. The average molecular weight is 240 g/mol. The topological polar surface area (TPSA) is 33.2 Å². The molecule has 0 N–H and O–H groups in total. The maximum Gasteiger partial charge on any atom is 0.255 e. The summed E-state index contributed by atoms with van der Waals surface area (Å²) >= 11 is 0. The lowest BCUT2D eigenvalue weighted by atomic mass is 10.2. The molecule has 0 saturated heterocycles. The second kappa shape index (κ2) is 4.45. The third-order valence-corrected chi connectivity index (χ3v) is 3.55. The van der Waals surface area contributed by atoms with E-state index < -0.39 is 0 Å². The summed E-state index contributed by atoms with van der Waals surface area (Å²) < 4.78 is 0. The highest BCUT2D eigenvalue weighted by Gasteiger charge is 2.36. The van der Waals surface area contributed by atoms with Crippen molar-refractivity contribution in [2.75, 3.05) is 6.54 Å². The first-order valence-electron chi connectivity index (χ1n) is 6.50. The van der Waals surface area contributed by atoms with E-state index in [0.29, 0.717) is 17.2 Å². The predicted octanol–water partition coefficient (Wildman–Crippen LogP) is 2.08. The molecule has 2 aliphatic carbocycles. The van der Waals surface area contributed by atoms with E-state index in [1.807, 2.05) is 4.90 Å². The van der Waals surface area contributed by atoms with Crippen molar-refractivity contribution in [2.24, 2.45) is 5.92 Å². The van der Waals surface area contributed by atoms with Crippen molar-refractivity contribution >= 4 is 5.91 Å². The first-order valence-corrected chi connectivity index (χ1v) is 6.50. The molecular formula is C15H16N2O. The number of aromatic nitrogens is 1. The summed E-state index contributed by atoms with van der Waals surface area (Å²) in [6.45, 7) is 0.907. The van der Waals surface area contributed by atoms with Crippen LogP contribution < -0.4 is 0 Å². The first-order chi connectivity index (χ1) is 8.78. The van der Waals surface area contributed by atoms with Gasteiger partial charge >= 0.3 is 0 Å². The molecule has 1 aromatic heterocycles. The Morgan fingerprint density at radius 1 is 1.39 bits per heavy atom. The standard InChI is InChI=1S/C15H16N2O/c1-2-11-7-13(9-16-8-11)15(18)17(14-5-6-14)10-12-3-4-12/h1,7-9,12,14H,3-6,10H2. The number of nitrogens with zero attached hydrogens (tertiary/aromatic N) is 2. The molecule has 1 aromatic rings. The lowest BCUT2D eigenvalue weighted by Crippen LogP contribution is -2.35. The van der Waals surface area contributed by atoms with Gasteiger partial charge in [-0.1, -0.05) is 5.92 Å². The highest BCUT2D eigenvalue weighted by atomic mass is 16.2. The molecule has 18 heavy (non-hydrogen) atoms. The Labute approximate surface area is 107 Å². The van der Waals surface area contributed by atoms with Crippen LogP contribution in [0, 0.1) is 18.3 Å². The lowest BCUT2D eigenvalue weighted by molar-refractivity contribution is 0.0734. The van der Waals surface area contributed by atoms with Crippen LogP contribution in [-0.4, -0.2) is 28.4 Å². The molecular weight excluding hydrogens is 224 g/mol. The quantitative estimate of drug-likeness (QED) is 0.755. The molecule has 2 fully saturated rings. The number of hydrogen-bond donors (Lipinski definition) is 0. The minimum absolute atomic E-state index is 0.0917. The largest absolute Gasteiger partial charge is 0.335 e. The Balaban J connectivity index is 1.79. The number of hydrogen-bond acceptors (Lipinski definition) is 2. The third-order valence-electron chi connectivity index (χ3n) is 3.55. The molecule has 0 radical (unpaired) electrons. The summed E-state index contributed by atoms with van der Waals surface area (Å²) in [5.41, 5.74) is 1.29. The molecule has 0 aromatic carbocycles. The molecule has 1 amide bonds. The average Bonchev–Trinajstić information content (AvgIpc) is 3.28. The Morgan fingerprint density at radius 2 is 2.17 bits per heavy atom. The molecule has 0 spiro atoms. The number of rotatable bonds is 4. The van der Waals surface area contributed by atoms with Crippen molar-refractivity contribution in [1.29, 1.82) is 0 Å². The molecule has 0 aliphatic heterocycles. The summed E-state index contributed by atoms with van der Waals surface area (Å²) in [6.07, 6.45) is 13.4. The second-order valence-corrected chi connectivity index (χ2v) is 5.24. The van der Waals surface area contributed by atoms with Crippen LogP contribution in [0.1, 0.15) is 41.6 Å². The first kappa shape index (κ1) is 11.3. The van der Waals surface area contributed by atoms with Crippen LogP contribution in [0.5, 0.6) is 0 Å². The molecule has 0 bridgehead atoms. The van der Waals surface area contributed by atoms with E-state index in [9.17, 15) is 4.79 Å². The van der Waals surface area contributed by atoms with E-state index in [1.54, 1.807) is 18.5 Å². The van der Waals surface area contributed by atoms with Gasteiger partial charge in [0.25, 0.3) is 5.91 Å². The summed E-state index contributed by atoms with van der Waals surface area (Å²) in [5.74, 6) is 3.34. The number of amides is 1. The Hall–Kier alpha value is -1.82. The van der Waals surface area contributed by atoms with Crippen LogP contribution in [0.4, 0.5) is 0 Å². The van der Waals surface area contributed by atoms with E-state index in [0.717, 1.165) is 25.3 Å². The van der Waals surface area contributed by atoms with Crippen LogP contribution in [0.3, 0.4) is 0 Å². The Morgan fingerprint density at radius 3 is 2.78 bits per heavy atom. The zero-order valence-corrected chi connectivity index (χ0v) is 10.3. The second-order valence-electron chi connectivity index (χ2n) is 5.24. The van der Waals surface area contributed by atoms with Crippen LogP contribution in [0.2, 0.25) is 0 Å². The van der Waals surface area contributed by atoms with Crippen molar-refractivity contribution < 1.29 is 4.79 Å². The molecule has 1 heterocycles. The molecule has 2 saturated carbocycles. The van der Waals surface area contributed by atoms with Crippen molar-refractivity contribution in [2.45, 2.75) is 31.7 Å². The van der Waals surface area contributed by atoms with Gasteiger partial charge in [0.05, 0.1) is 5.56 Å². The minimum Gasteiger partial charge on any atom is -0.335 e. The molecule has 3 rings (SSSR count). The zero-order valence-electron chi connectivity index (χ0n) is 10.3. The molecule has 3 nitrogen and oxygen atoms in total. The van der Waals surface area contributed by atoms with Crippen molar-refractivity contribution in [3.8, 4) is 12.3 Å². The summed E-state index contributed by atoms with van der Waals surface area (Å²) in [5, 5.41) is 0. The lowest BCUT2D eigenvalue weighted by Gasteiger charge is -2.22. The SMILES string of the molecule is C#Cc1cncc(C(=O)N(CC2CC2)C2CC2)c1. The molecule has 0 unspecified atom stereocenters. The van der Waals surface area contributed by atoms with Gasteiger partial charge in [-0.3, -0.25) is 9.78 Å². The van der Waals surface area contributed by atoms with Gasteiger partial charge in [-0.25, -0.2) is 0 Å². The number of pyridine rings is 1. The van der Waals surface area contributed by atoms with Gasteiger partial charge in [-0.05, 0) is 37.7 Å². The van der Waals surface area contributed by atoms with Crippen molar-refractivity contribution in [1.82, 2.24) is 9.88 Å². The van der Waals surface area contributed by atoms with Crippen LogP contribution >= 0.6 is 0 Å². The fraction of sp³-hybridized carbons (Fsp3) is 0.467. The van der Waals surface area contributed by atoms with Crippen LogP contribution in [0.15, 0.2) is 18.5 Å². The van der Waals surface area contributed by atoms with Crippen molar-refractivity contribution in [3.63, 3.8) is 0 Å². The summed E-state index contributed by atoms with van der Waals surface area (Å²) in [4.78, 5) is 18.5. The van der Waals surface area contributed by atoms with Gasteiger partial charge in [-0.2, -0.15) is 0 Å². The Kier molecular flexibility index (Phi) is 2.79. The van der Waals surface area contributed by atoms with E-state index in [2.05, 4.69) is 10.9 Å². The maximum absolute atomic E-state index is 12.5. The summed E-state index contributed by atoms with van der Waals surface area (Å²) in [7, 11) is 0. The van der Waals surface area contributed by atoms with E-state index >= 15 is 0 Å². The van der Waals surface area contributed by atoms with Gasteiger partial charge < -0.3 is 4.90 Å². The fourth-order valence-corrected chi connectivity index (χ4v) is 2.16. The summed E-state index contributed by atoms with van der Waals surface area (Å²) in [6, 6.07) is 2.21. The normalized spacial score (nSPS) is 18.2. The number of carbonyl (C=O) groups is 1. The monoisotopic (exact) mass is 240 g/mol. The third kappa shape index (κ3) is 2.38. The Bertz CT molecular complexity index is 509. The molecule has 2 aliphatic rings. The maximum atomic E-state index is 12.5. The van der Waals surface area contributed by atoms with Crippen LogP contribution in [0.25, 0.3) is 0 Å². The highest BCUT2D eigenvalue weighted by Crippen LogP contribution is 2.35. The van der Waals surface area contributed by atoms with Crippen molar-refractivity contribution in [3.05, 3.63) is 29.6 Å². The van der Waals surface area contributed by atoms with Gasteiger partial charge in [0, 0.05) is 30.5 Å². The highest BCUT2D eigenvalue weighted by molar-refractivity contribution is 5.94. The molecule has 92 valence electrons. The smallest absolute Gasteiger partial charge is 0.255 e. The van der Waals surface area contributed by atoms with Gasteiger partial charge in [-0.15, -0.1) is 6.42 Å². The van der Waals surface area contributed by atoms with E-state index in [4.69, 9.17) is 6.42 Å².